The Kier molecular flexibility index (Phi) is 4.90. The van der Waals surface area contributed by atoms with E-state index in [1.54, 1.807) is 11.8 Å². The highest BCUT2D eigenvalue weighted by Crippen LogP contribution is 2.24. The summed E-state index contributed by atoms with van der Waals surface area (Å²) in [5, 5.41) is 0.862. The molecule has 0 aliphatic rings. The normalized spacial score (nSPS) is 11.2. The quantitative estimate of drug-likeness (QED) is 0.654. The van der Waals surface area contributed by atoms with E-state index in [9.17, 15) is 4.79 Å². The summed E-state index contributed by atoms with van der Waals surface area (Å²) in [7, 11) is 0. The molecule has 3 aromatic rings. The van der Waals surface area contributed by atoms with E-state index in [2.05, 4.69) is 4.98 Å². The molecule has 0 fully saturated rings. The van der Waals surface area contributed by atoms with Crippen molar-refractivity contribution < 1.29 is 4.79 Å². The molecule has 1 aromatic heterocycles. The van der Waals surface area contributed by atoms with Crippen molar-refractivity contribution in [1.82, 2.24) is 9.55 Å². The van der Waals surface area contributed by atoms with Crippen LogP contribution in [0.5, 0.6) is 0 Å². The number of hydrogen-bond donors (Lipinski definition) is 0. The minimum Gasteiger partial charge on any atom is -0.309 e. The Hall–Kier alpha value is -2.27. The highest BCUT2D eigenvalue weighted by molar-refractivity contribution is 7.98. The molecule has 0 saturated carbocycles. The predicted octanol–water partition coefficient (Wildman–Crippen LogP) is 4.20. The van der Waals surface area contributed by atoms with E-state index in [4.69, 9.17) is 0 Å². The summed E-state index contributed by atoms with van der Waals surface area (Å²) in [6.07, 6.45) is 1.99. The zero-order chi connectivity index (χ0) is 17.1. The molecular weight excluding hydrogens is 318 g/mol. The number of imidazole rings is 1. The fourth-order valence-corrected chi connectivity index (χ4v) is 3.47. The number of amides is 1. The molecule has 124 valence electrons. The van der Waals surface area contributed by atoms with Gasteiger partial charge in [-0.05, 0) is 44.4 Å². The second-order valence-corrected chi connectivity index (χ2v) is 6.64. The van der Waals surface area contributed by atoms with Gasteiger partial charge in [-0.15, -0.1) is 0 Å². The standard InChI is InChI=1S/C19H21N3OS/c1-14(2)22(15-9-5-4-6-10-15)18(23)13-21-17-12-8-7-11-16(17)20-19(21)24-3/h4-12,14H,13H2,1-3H3. The van der Waals surface area contributed by atoms with E-state index < -0.39 is 0 Å². The van der Waals surface area contributed by atoms with Crippen molar-refractivity contribution in [2.24, 2.45) is 0 Å². The van der Waals surface area contributed by atoms with E-state index >= 15 is 0 Å². The maximum Gasteiger partial charge on any atom is 0.247 e. The third kappa shape index (κ3) is 3.17. The lowest BCUT2D eigenvalue weighted by Crippen LogP contribution is -2.39. The van der Waals surface area contributed by atoms with E-state index in [0.29, 0.717) is 0 Å². The molecule has 1 heterocycles. The van der Waals surface area contributed by atoms with Crippen LogP contribution in [0.1, 0.15) is 13.8 Å². The van der Waals surface area contributed by atoms with Crippen LogP contribution in [0.3, 0.4) is 0 Å². The second-order valence-electron chi connectivity index (χ2n) is 5.87. The second kappa shape index (κ2) is 7.09. The lowest BCUT2D eigenvalue weighted by molar-refractivity contribution is -0.119. The third-order valence-electron chi connectivity index (χ3n) is 3.91. The Morgan fingerprint density at radius 1 is 1.12 bits per heavy atom. The van der Waals surface area contributed by atoms with E-state index in [-0.39, 0.29) is 18.5 Å². The van der Waals surface area contributed by atoms with Gasteiger partial charge in [-0.25, -0.2) is 4.98 Å². The van der Waals surface area contributed by atoms with Crippen molar-refractivity contribution in [2.75, 3.05) is 11.2 Å². The van der Waals surface area contributed by atoms with E-state index in [1.807, 2.05) is 84.2 Å². The lowest BCUT2D eigenvalue weighted by Gasteiger charge is -2.27. The van der Waals surface area contributed by atoms with Crippen molar-refractivity contribution in [3.05, 3.63) is 54.6 Å². The monoisotopic (exact) mass is 339 g/mol. The topological polar surface area (TPSA) is 38.1 Å². The van der Waals surface area contributed by atoms with Crippen LogP contribution in [-0.2, 0) is 11.3 Å². The number of anilines is 1. The summed E-state index contributed by atoms with van der Waals surface area (Å²) in [4.78, 5) is 19.5. The largest absolute Gasteiger partial charge is 0.309 e. The first-order valence-corrected chi connectivity index (χ1v) is 9.20. The van der Waals surface area contributed by atoms with Crippen LogP contribution < -0.4 is 4.90 Å². The van der Waals surface area contributed by atoms with Gasteiger partial charge >= 0.3 is 0 Å². The summed E-state index contributed by atoms with van der Waals surface area (Å²) in [6, 6.07) is 17.8. The minimum atomic E-state index is 0.0645. The molecule has 0 radical (unpaired) electrons. The minimum absolute atomic E-state index is 0.0645. The molecule has 0 aliphatic heterocycles. The van der Waals surface area contributed by atoms with Gasteiger partial charge in [0.1, 0.15) is 6.54 Å². The van der Waals surface area contributed by atoms with Gasteiger partial charge in [0.15, 0.2) is 5.16 Å². The molecule has 24 heavy (non-hydrogen) atoms. The van der Waals surface area contributed by atoms with Gasteiger partial charge < -0.3 is 9.47 Å². The molecule has 0 unspecified atom stereocenters. The highest BCUT2D eigenvalue weighted by Gasteiger charge is 2.21. The molecule has 2 aromatic carbocycles. The van der Waals surface area contributed by atoms with Crippen LogP contribution in [0.2, 0.25) is 0 Å². The first kappa shape index (κ1) is 16.6. The van der Waals surface area contributed by atoms with Crippen LogP contribution >= 0.6 is 11.8 Å². The smallest absolute Gasteiger partial charge is 0.247 e. The SMILES string of the molecule is CSc1nc2ccccc2n1CC(=O)N(c1ccccc1)C(C)C. The zero-order valence-electron chi connectivity index (χ0n) is 14.1. The average Bonchev–Trinajstić information content (AvgIpc) is 2.93. The number of carbonyl (C=O) groups excluding carboxylic acids is 1. The maximum atomic E-state index is 13.0. The van der Waals surface area contributed by atoms with Crippen molar-refractivity contribution in [1.29, 1.82) is 0 Å². The summed E-state index contributed by atoms with van der Waals surface area (Å²) in [5.41, 5.74) is 2.84. The third-order valence-corrected chi connectivity index (χ3v) is 4.59. The highest BCUT2D eigenvalue weighted by atomic mass is 32.2. The van der Waals surface area contributed by atoms with Crippen LogP contribution in [0.15, 0.2) is 59.8 Å². The molecule has 1 amide bonds. The van der Waals surface area contributed by atoms with Gasteiger partial charge in [0, 0.05) is 11.7 Å². The van der Waals surface area contributed by atoms with Crippen molar-refractivity contribution in [3.63, 3.8) is 0 Å². The van der Waals surface area contributed by atoms with Gasteiger partial charge in [-0.2, -0.15) is 0 Å². The number of carbonyl (C=O) groups is 1. The molecule has 0 saturated heterocycles. The summed E-state index contributed by atoms with van der Waals surface area (Å²) in [5.74, 6) is 0.0645. The van der Waals surface area contributed by atoms with Crippen molar-refractivity contribution in [3.8, 4) is 0 Å². The van der Waals surface area contributed by atoms with Gasteiger partial charge in [0.05, 0.1) is 11.0 Å². The molecule has 4 nitrogen and oxygen atoms in total. The van der Waals surface area contributed by atoms with Crippen molar-refractivity contribution in [2.45, 2.75) is 31.6 Å². The van der Waals surface area contributed by atoms with Crippen LogP contribution in [-0.4, -0.2) is 27.8 Å². The van der Waals surface area contributed by atoms with Crippen molar-refractivity contribution >= 4 is 34.4 Å². The first-order valence-electron chi connectivity index (χ1n) is 7.98. The van der Waals surface area contributed by atoms with Gasteiger partial charge in [0.25, 0.3) is 0 Å². The molecule has 0 bridgehead atoms. The van der Waals surface area contributed by atoms with Gasteiger partial charge in [-0.1, -0.05) is 42.1 Å². The molecule has 0 spiro atoms. The van der Waals surface area contributed by atoms with Crippen LogP contribution in [0.4, 0.5) is 5.69 Å². The summed E-state index contributed by atoms with van der Waals surface area (Å²) >= 11 is 1.56. The first-order chi connectivity index (χ1) is 11.6. The van der Waals surface area contributed by atoms with Gasteiger partial charge in [0.2, 0.25) is 5.91 Å². The van der Waals surface area contributed by atoms with Crippen LogP contribution in [0, 0.1) is 0 Å². The molecule has 0 N–H and O–H groups in total. The number of nitrogens with zero attached hydrogens (tertiary/aromatic N) is 3. The number of benzene rings is 2. The number of thioether (sulfide) groups is 1. The average molecular weight is 339 g/mol. The number of rotatable bonds is 5. The Labute approximate surface area is 146 Å². The summed E-state index contributed by atoms with van der Waals surface area (Å²) in [6.45, 7) is 4.35. The number of hydrogen-bond acceptors (Lipinski definition) is 3. The molecule has 0 aliphatic carbocycles. The molecule has 5 heteroatoms. The fraction of sp³-hybridized carbons (Fsp3) is 0.263. The lowest BCUT2D eigenvalue weighted by atomic mass is 10.2. The molecular formula is C19H21N3OS. The Morgan fingerprint density at radius 3 is 2.46 bits per heavy atom. The fourth-order valence-electron chi connectivity index (χ4n) is 2.89. The van der Waals surface area contributed by atoms with Crippen LogP contribution in [0.25, 0.3) is 11.0 Å². The van der Waals surface area contributed by atoms with E-state index in [1.165, 1.54) is 0 Å². The Bertz CT molecular complexity index is 842. The number of aromatic nitrogens is 2. The van der Waals surface area contributed by atoms with E-state index in [0.717, 1.165) is 21.9 Å². The zero-order valence-corrected chi connectivity index (χ0v) is 15.0. The Balaban J connectivity index is 1.96. The maximum absolute atomic E-state index is 13.0. The Morgan fingerprint density at radius 2 is 1.79 bits per heavy atom. The number of para-hydroxylation sites is 3. The number of fused-ring (bicyclic) bond motifs is 1. The molecule has 3 rings (SSSR count). The summed E-state index contributed by atoms with van der Waals surface area (Å²) < 4.78 is 2.00. The predicted molar refractivity (Wildman–Crippen MR) is 101 cm³/mol. The molecule has 0 atom stereocenters. The van der Waals surface area contributed by atoms with Gasteiger partial charge in [-0.3, -0.25) is 4.79 Å².